The summed E-state index contributed by atoms with van der Waals surface area (Å²) >= 11 is 6.31. The van der Waals surface area contributed by atoms with Gasteiger partial charge in [0.25, 0.3) is 0 Å². The van der Waals surface area contributed by atoms with E-state index in [1.165, 1.54) is 0 Å². The molecular formula is C33H41ClN4O4. The van der Waals surface area contributed by atoms with Crippen LogP contribution in [0.4, 0.5) is 5.69 Å². The van der Waals surface area contributed by atoms with Crippen LogP contribution in [0.5, 0.6) is 23.0 Å². The number of nitrogens with zero attached hydrogens (tertiary/aromatic N) is 3. The van der Waals surface area contributed by atoms with Crippen molar-refractivity contribution in [3.63, 3.8) is 0 Å². The second-order valence-electron chi connectivity index (χ2n) is 11.0. The Labute approximate surface area is 254 Å². The number of halogens is 1. The van der Waals surface area contributed by atoms with Gasteiger partial charge in [0, 0.05) is 49.9 Å². The molecule has 0 aliphatic carbocycles. The van der Waals surface area contributed by atoms with Gasteiger partial charge in [0.05, 0.1) is 18.8 Å². The third kappa shape index (κ3) is 8.85. The van der Waals surface area contributed by atoms with Gasteiger partial charge >= 0.3 is 0 Å². The lowest BCUT2D eigenvalue weighted by atomic mass is 10.1. The Morgan fingerprint density at radius 1 is 0.857 bits per heavy atom. The summed E-state index contributed by atoms with van der Waals surface area (Å²) in [6.45, 7) is 8.08. The van der Waals surface area contributed by atoms with Crippen molar-refractivity contribution in [3.8, 4) is 23.0 Å². The van der Waals surface area contributed by atoms with E-state index < -0.39 is 0 Å². The van der Waals surface area contributed by atoms with Gasteiger partial charge in [-0.3, -0.25) is 14.6 Å². The highest BCUT2D eigenvalue weighted by Gasteiger charge is 2.18. The van der Waals surface area contributed by atoms with Crippen molar-refractivity contribution in [1.29, 1.82) is 0 Å². The SMILES string of the molecule is CN1CCN(CCOc2ccccc2CN2CCCCCOc3ccccc3Oc3ccc(Cl)cc3NC(=O)C2)CC1. The fraction of sp³-hybridized carbons (Fsp3) is 0.424. The molecule has 0 aromatic heterocycles. The van der Waals surface area contributed by atoms with Crippen LogP contribution in [0.15, 0.2) is 66.7 Å². The van der Waals surface area contributed by atoms with E-state index in [-0.39, 0.29) is 12.5 Å². The summed E-state index contributed by atoms with van der Waals surface area (Å²) in [7, 11) is 2.17. The van der Waals surface area contributed by atoms with Crippen LogP contribution in [-0.2, 0) is 11.3 Å². The number of para-hydroxylation sites is 3. The smallest absolute Gasteiger partial charge is 0.238 e. The summed E-state index contributed by atoms with van der Waals surface area (Å²) in [4.78, 5) is 20.4. The molecule has 0 bridgehead atoms. The molecule has 0 spiro atoms. The van der Waals surface area contributed by atoms with Crippen LogP contribution in [0.2, 0.25) is 5.02 Å². The highest BCUT2D eigenvalue weighted by molar-refractivity contribution is 6.31. The molecule has 5 rings (SSSR count). The predicted molar refractivity (Wildman–Crippen MR) is 167 cm³/mol. The van der Waals surface area contributed by atoms with Gasteiger partial charge in [0.2, 0.25) is 5.91 Å². The Hall–Kier alpha value is -3.30. The molecule has 0 atom stereocenters. The first-order chi connectivity index (χ1) is 20.5. The standard InChI is InChI=1S/C33H41ClN4O4/c1-36-16-18-37(19-17-36)20-22-41-29-10-4-3-9-26(29)24-38-15-7-2-8-21-40-31-11-5-6-12-32(31)42-30-14-13-27(34)23-28(30)35-33(39)25-38/h3-6,9-14,23H,2,7-8,15-22,24-25H2,1H3,(H,35,39). The monoisotopic (exact) mass is 592 g/mol. The molecule has 1 N–H and O–H groups in total. The van der Waals surface area contributed by atoms with E-state index in [1.54, 1.807) is 18.2 Å². The molecule has 9 heteroatoms. The van der Waals surface area contributed by atoms with E-state index in [2.05, 4.69) is 33.1 Å². The zero-order valence-electron chi connectivity index (χ0n) is 24.4. The molecule has 1 fully saturated rings. The molecule has 224 valence electrons. The maximum absolute atomic E-state index is 13.4. The summed E-state index contributed by atoms with van der Waals surface area (Å²) in [6, 6.07) is 21.0. The lowest BCUT2D eigenvalue weighted by Gasteiger charge is -2.32. The van der Waals surface area contributed by atoms with Gasteiger partial charge < -0.3 is 24.4 Å². The largest absolute Gasteiger partial charge is 0.492 e. The lowest BCUT2D eigenvalue weighted by Crippen LogP contribution is -2.45. The van der Waals surface area contributed by atoms with Gasteiger partial charge in [-0.15, -0.1) is 0 Å². The maximum Gasteiger partial charge on any atom is 0.238 e. The topological polar surface area (TPSA) is 66.5 Å². The van der Waals surface area contributed by atoms with Crippen molar-refractivity contribution >= 4 is 23.2 Å². The first-order valence-electron chi connectivity index (χ1n) is 14.9. The molecule has 0 radical (unpaired) electrons. The Bertz CT molecular complexity index is 1310. The van der Waals surface area contributed by atoms with Crippen LogP contribution in [0.25, 0.3) is 0 Å². The number of rotatable bonds is 6. The second kappa shape index (κ2) is 15.3. The Kier molecular flexibility index (Phi) is 11.0. The molecule has 2 aliphatic rings. The highest BCUT2D eigenvalue weighted by Crippen LogP contribution is 2.36. The minimum atomic E-state index is -0.130. The maximum atomic E-state index is 13.4. The van der Waals surface area contributed by atoms with E-state index in [1.807, 2.05) is 42.5 Å². The molecule has 42 heavy (non-hydrogen) atoms. The number of hydrogen-bond acceptors (Lipinski definition) is 7. The van der Waals surface area contributed by atoms with E-state index in [0.29, 0.717) is 47.7 Å². The molecule has 1 amide bonds. The number of piperazine rings is 1. The molecule has 3 aromatic carbocycles. The summed E-state index contributed by atoms with van der Waals surface area (Å²) in [5, 5.41) is 3.55. The molecule has 0 saturated carbocycles. The molecule has 0 unspecified atom stereocenters. The van der Waals surface area contributed by atoms with Crippen molar-refractivity contribution in [3.05, 3.63) is 77.3 Å². The Morgan fingerprint density at radius 2 is 1.64 bits per heavy atom. The lowest BCUT2D eigenvalue weighted by molar-refractivity contribution is -0.117. The van der Waals surface area contributed by atoms with Crippen LogP contribution in [0.3, 0.4) is 0 Å². The van der Waals surface area contributed by atoms with E-state index in [9.17, 15) is 4.79 Å². The number of ether oxygens (including phenoxy) is 3. The minimum absolute atomic E-state index is 0.130. The average Bonchev–Trinajstić information content (AvgIpc) is 2.98. The van der Waals surface area contributed by atoms with Gasteiger partial charge in [0.15, 0.2) is 17.2 Å². The van der Waals surface area contributed by atoms with E-state index in [0.717, 1.165) is 69.8 Å². The Morgan fingerprint density at radius 3 is 2.50 bits per heavy atom. The van der Waals surface area contributed by atoms with Crippen molar-refractivity contribution < 1.29 is 19.0 Å². The molecular weight excluding hydrogens is 552 g/mol. The third-order valence-corrected chi connectivity index (χ3v) is 7.89. The van der Waals surface area contributed by atoms with Crippen molar-refractivity contribution in [2.45, 2.75) is 25.8 Å². The summed E-state index contributed by atoms with van der Waals surface area (Å²) < 4.78 is 18.6. The van der Waals surface area contributed by atoms with Gasteiger partial charge in [-0.2, -0.15) is 0 Å². The van der Waals surface area contributed by atoms with Crippen LogP contribution in [-0.4, -0.2) is 86.7 Å². The van der Waals surface area contributed by atoms with Crippen molar-refractivity contribution in [2.75, 3.05) is 71.4 Å². The number of benzene rings is 3. The zero-order valence-corrected chi connectivity index (χ0v) is 25.2. The fourth-order valence-corrected chi connectivity index (χ4v) is 5.41. The van der Waals surface area contributed by atoms with Gasteiger partial charge in [-0.25, -0.2) is 0 Å². The minimum Gasteiger partial charge on any atom is -0.492 e. The number of fused-ring (bicyclic) bond motifs is 2. The first-order valence-corrected chi connectivity index (χ1v) is 15.2. The summed E-state index contributed by atoms with van der Waals surface area (Å²) in [5.41, 5.74) is 1.59. The molecule has 1 saturated heterocycles. The van der Waals surface area contributed by atoms with E-state index in [4.69, 9.17) is 25.8 Å². The molecule has 3 aromatic rings. The van der Waals surface area contributed by atoms with Crippen LogP contribution < -0.4 is 19.5 Å². The quantitative estimate of drug-likeness (QED) is 0.390. The number of nitrogens with one attached hydrogen (secondary N) is 1. The molecule has 8 nitrogen and oxygen atoms in total. The van der Waals surface area contributed by atoms with Crippen LogP contribution in [0.1, 0.15) is 24.8 Å². The van der Waals surface area contributed by atoms with Gasteiger partial charge in [0.1, 0.15) is 12.4 Å². The number of amides is 1. The highest BCUT2D eigenvalue weighted by atomic mass is 35.5. The predicted octanol–water partition coefficient (Wildman–Crippen LogP) is 5.76. The Balaban J connectivity index is 1.27. The third-order valence-electron chi connectivity index (χ3n) is 7.66. The van der Waals surface area contributed by atoms with Crippen LogP contribution >= 0.6 is 11.6 Å². The number of carbonyl (C=O) groups is 1. The molecule has 2 aliphatic heterocycles. The number of likely N-dealkylation sites (N-methyl/N-ethyl adjacent to an activating group) is 1. The first kappa shape index (κ1) is 30.2. The van der Waals surface area contributed by atoms with Crippen LogP contribution in [0, 0.1) is 0 Å². The number of anilines is 1. The fourth-order valence-electron chi connectivity index (χ4n) is 5.24. The average molecular weight is 593 g/mol. The summed E-state index contributed by atoms with van der Waals surface area (Å²) in [6.07, 6.45) is 2.84. The summed E-state index contributed by atoms with van der Waals surface area (Å²) in [5.74, 6) is 2.51. The van der Waals surface area contributed by atoms with Crippen molar-refractivity contribution in [2.24, 2.45) is 0 Å². The van der Waals surface area contributed by atoms with Crippen molar-refractivity contribution in [1.82, 2.24) is 14.7 Å². The number of hydrogen-bond donors (Lipinski definition) is 1. The molecule has 2 heterocycles. The zero-order chi connectivity index (χ0) is 29.1. The van der Waals surface area contributed by atoms with E-state index >= 15 is 0 Å². The number of carbonyl (C=O) groups excluding carboxylic acids is 1. The van der Waals surface area contributed by atoms with Gasteiger partial charge in [-0.1, -0.05) is 41.9 Å². The van der Waals surface area contributed by atoms with Gasteiger partial charge in [-0.05, 0) is 69.3 Å². The second-order valence-corrected chi connectivity index (χ2v) is 11.4. The normalized spacial score (nSPS) is 17.9.